The van der Waals surface area contributed by atoms with Gasteiger partial charge in [0.2, 0.25) is 5.82 Å². The number of Topliss-reactive ketones (excluding diaryl/α,β-unsaturated/α-hetero) is 1. The zero-order valence-corrected chi connectivity index (χ0v) is 11.0. The highest BCUT2D eigenvalue weighted by molar-refractivity contribution is 6.03. The fourth-order valence-corrected chi connectivity index (χ4v) is 1.87. The molecule has 0 radical (unpaired) electrons. The molecule has 0 aliphatic carbocycles. The normalized spacial score (nSPS) is 10.5. The molecule has 3 N–H and O–H groups in total. The van der Waals surface area contributed by atoms with E-state index in [2.05, 4.69) is 10.3 Å². The number of hydrogen-bond donors (Lipinski definition) is 2. The maximum Gasteiger partial charge on any atom is 0.291 e. The zero-order chi connectivity index (χ0) is 14.2. The average molecular weight is 261 g/mol. The van der Waals surface area contributed by atoms with Crippen LogP contribution in [0.5, 0.6) is 0 Å². The van der Waals surface area contributed by atoms with Crippen LogP contribution in [0.1, 0.15) is 28.0 Å². The summed E-state index contributed by atoms with van der Waals surface area (Å²) in [5.41, 5.74) is 6.58. The van der Waals surface area contributed by atoms with Gasteiger partial charge in [-0.1, -0.05) is 0 Å². The number of imidazole rings is 1. The first-order chi connectivity index (χ1) is 8.88. The molecule has 2 aromatic heterocycles. The van der Waals surface area contributed by atoms with Crippen molar-refractivity contribution in [2.75, 3.05) is 11.1 Å². The maximum absolute atomic E-state index is 12.0. The van der Waals surface area contributed by atoms with Gasteiger partial charge in [-0.15, -0.1) is 0 Å². The molecule has 0 atom stereocenters. The number of amides is 1. The standard InChI is InChI=1S/C12H15N5O2/c1-7(18)9-4-8(5-16(9)2)14-12(19)11-15-10(13)6-17(11)3/h4-6H,13H2,1-3H3,(H,14,19). The predicted molar refractivity (Wildman–Crippen MR) is 71.0 cm³/mol. The molecule has 19 heavy (non-hydrogen) atoms. The van der Waals surface area contributed by atoms with E-state index >= 15 is 0 Å². The van der Waals surface area contributed by atoms with Gasteiger partial charge >= 0.3 is 0 Å². The Kier molecular flexibility index (Phi) is 3.12. The Hall–Kier alpha value is -2.57. The quantitative estimate of drug-likeness (QED) is 0.799. The van der Waals surface area contributed by atoms with Gasteiger partial charge in [-0.25, -0.2) is 4.98 Å². The lowest BCUT2D eigenvalue weighted by molar-refractivity contribution is 0.0998. The van der Waals surface area contributed by atoms with Crippen LogP contribution in [-0.4, -0.2) is 25.8 Å². The first kappa shape index (κ1) is 12.9. The third-order valence-corrected chi connectivity index (χ3v) is 2.72. The maximum atomic E-state index is 12.0. The van der Waals surface area contributed by atoms with Crippen LogP contribution in [0, 0.1) is 0 Å². The molecule has 7 heteroatoms. The molecule has 0 spiro atoms. The number of nitrogens with one attached hydrogen (secondary N) is 1. The fourth-order valence-electron chi connectivity index (χ4n) is 1.87. The number of nitrogens with zero attached hydrogens (tertiary/aromatic N) is 3. The second-order valence-corrected chi connectivity index (χ2v) is 4.34. The predicted octanol–water partition coefficient (Wildman–Crippen LogP) is 0.796. The minimum atomic E-state index is -0.375. The van der Waals surface area contributed by atoms with Gasteiger partial charge in [0, 0.05) is 33.4 Å². The lowest BCUT2D eigenvalue weighted by Gasteiger charge is -2.01. The topological polar surface area (TPSA) is 94.9 Å². The minimum Gasteiger partial charge on any atom is -0.382 e. The Morgan fingerprint density at radius 3 is 2.42 bits per heavy atom. The Balaban J connectivity index is 2.22. The summed E-state index contributed by atoms with van der Waals surface area (Å²) in [6.45, 7) is 1.47. The van der Waals surface area contributed by atoms with E-state index in [1.165, 1.54) is 6.92 Å². The van der Waals surface area contributed by atoms with Crippen molar-refractivity contribution in [3.63, 3.8) is 0 Å². The van der Waals surface area contributed by atoms with Crippen molar-refractivity contribution in [2.45, 2.75) is 6.92 Å². The van der Waals surface area contributed by atoms with Crippen LogP contribution in [0.15, 0.2) is 18.5 Å². The van der Waals surface area contributed by atoms with Crippen LogP contribution >= 0.6 is 0 Å². The van der Waals surface area contributed by atoms with Crippen molar-refractivity contribution in [1.29, 1.82) is 0 Å². The average Bonchev–Trinajstić information content (AvgIpc) is 2.81. The molecule has 2 rings (SSSR count). The van der Waals surface area contributed by atoms with Crippen molar-refractivity contribution in [2.24, 2.45) is 14.1 Å². The lowest BCUT2D eigenvalue weighted by atomic mass is 10.3. The van der Waals surface area contributed by atoms with Gasteiger partial charge in [0.1, 0.15) is 5.82 Å². The van der Waals surface area contributed by atoms with E-state index in [0.717, 1.165) is 0 Å². The monoisotopic (exact) mass is 261 g/mol. The molecular weight excluding hydrogens is 246 g/mol. The molecular formula is C12H15N5O2. The number of rotatable bonds is 3. The molecule has 7 nitrogen and oxygen atoms in total. The molecule has 100 valence electrons. The summed E-state index contributed by atoms with van der Waals surface area (Å²) in [5, 5.41) is 2.68. The summed E-state index contributed by atoms with van der Waals surface area (Å²) < 4.78 is 3.20. The molecule has 0 saturated carbocycles. The van der Waals surface area contributed by atoms with E-state index in [4.69, 9.17) is 5.73 Å². The minimum absolute atomic E-state index is 0.0655. The van der Waals surface area contributed by atoms with Gasteiger partial charge in [-0.2, -0.15) is 0 Å². The fraction of sp³-hybridized carbons (Fsp3) is 0.250. The first-order valence-electron chi connectivity index (χ1n) is 5.66. The number of carbonyl (C=O) groups excluding carboxylic acids is 2. The highest BCUT2D eigenvalue weighted by Crippen LogP contribution is 2.14. The smallest absolute Gasteiger partial charge is 0.291 e. The summed E-state index contributed by atoms with van der Waals surface area (Å²) in [7, 11) is 3.43. The first-order valence-corrected chi connectivity index (χ1v) is 5.66. The Morgan fingerprint density at radius 2 is 1.95 bits per heavy atom. The summed E-state index contributed by atoms with van der Waals surface area (Å²) in [6, 6.07) is 1.62. The van der Waals surface area contributed by atoms with Gasteiger partial charge in [-0.05, 0) is 6.07 Å². The number of anilines is 2. The summed E-state index contributed by atoms with van der Waals surface area (Å²) in [5.74, 6) is 0.0556. The third kappa shape index (κ3) is 2.49. The van der Waals surface area contributed by atoms with Crippen LogP contribution in [0.2, 0.25) is 0 Å². The molecule has 0 aliphatic heterocycles. The van der Waals surface area contributed by atoms with Gasteiger partial charge in [0.05, 0.1) is 11.4 Å². The summed E-state index contributed by atoms with van der Waals surface area (Å²) >= 11 is 0. The van der Waals surface area contributed by atoms with E-state index in [9.17, 15) is 9.59 Å². The number of nitrogens with two attached hydrogens (primary N) is 1. The second-order valence-electron chi connectivity index (χ2n) is 4.34. The van der Waals surface area contributed by atoms with Crippen LogP contribution in [0.4, 0.5) is 11.5 Å². The van der Waals surface area contributed by atoms with E-state index in [0.29, 0.717) is 11.4 Å². The van der Waals surface area contributed by atoms with E-state index in [-0.39, 0.29) is 23.3 Å². The van der Waals surface area contributed by atoms with Crippen molar-refractivity contribution in [3.05, 3.63) is 30.0 Å². The SMILES string of the molecule is CC(=O)c1cc(NC(=O)c2nc(N)cn2C)cn1C. The van der Waals surface area contributed by atoms with Crippen LogP contribution < -0.4 is 11.1 Å². The zero-order valence-electron chi connectivity index (χ0n) is 11.0. The number of nitrogen functional groups attached to an aromatic ring is 1. The third-order valence-electron chi connectivity index (χ3n) is 2.72. The molecule has 1 amide bonds. The highest BCUT2D eigenvalue weighted by atomic mass is 16.2. The molecule has 0 saturated heterocycles. The Bertz CT molecular complexity index is 653. The van der Waals surface area contributed by atoms with E-state index < -0.39 is 0 Å². The van der Waals surface area contributed by atoms with Gasteiger partial charge in [0.25, 0.3) is 5.91 Å². The molecule has 0 aliphatic rings. The highest BCUT2D eigenvalue weighted by Gasteiger charge is 2.15. The molecule has 0 unspecified atom stereocenters. The number of hydrogen-bond acceptors (Lipinski definition) is 4. The Labute approximate surface area is 110 Å². The summed E-state index contributed by atoms with van der Waals surface area (Å²) in [6.07, 6.45) is 3.22. The van der Waals surface area contributed by atoms with E-state index in [1.54, 1.807) is 41.7 Å². The number of carbonyl (C=O) groups is 2. The Morgan fingerprint density at radius 1 is 1.26 bits per heavy atom. The van der Waals surface area contributed by atoms with Crippen LogP contribution in [0.25, 0.3) is 0 Å². The largest absolute Gasteiger partial charge is 0.382 e. The van der Waals surface area contributed by atoms with Crippen LogP contribution in [0.3, 0.4) is 0 Å². The van der Waals surface area contributed by atoms with E-state index in [1.807, 2.05) is 0 Å². The summed E-state index contributed by atoms with van der Waals surface area (Å²) in [4.78, 5) is 27.2. The molecule has 0 bridgehead atoms. The van der Waals surface area contributed by atoms with Crippen LogP contribution in [-0.2, 0) is 14.1 Å². The van der Waals surface area contributed by atoms with Crippen molar-refractivity contribution >= 4 is 23.2 Å². The number of aryl methyl sites for hydroxylation is 2. The number of aromatic nitrogens is 3. The van der Waals surface area contributed by atoms with Gasteiger partial charge < -0.3 is 20.2 Å². The second kappa shape index (κ2) is 4.60. The van der Waals surface area contributed by atoms with Crippen molar-refractivity contribution in [1.82, 2.24) is 14.1 Å². The molecule has 2 heterocycles. The molecule has 0 fully saturated rings. The van der Waals surface area contributed by atoms with Crippen molar-refractivity contribution in [3.8, 4) is 0 Å². The molecule has 2 aromatic rings. The molecule has 0 aromatic carbocycles. The number of ketones is 1. The van der Waals surface area contributed by atoms with Gasteiger partial charge in [-0.3, -0.25) is 9.59 Å². The van der Waals surface area contributed by atoms with Crippen molar-refractivity contribution < 1.29 is 9.59 Å². The van der Waals surface area contributed by atoms with Gasteiger partial charge in [0.15, 0.2) is 5.78 Å². The lowest BCUT2D eigenvalue weighted by Crippen LogP contribution is -2.16.